The molecule has 0 aromatic carbocycles. The van der Waals surface area contributed by atoms with Gasteiger partial charge < -0.3 is 19.9 Å². The van der Waals surface area contributed by atoms with Crippen LogP contribution in [0, 0.1) is 0 Å². The van der Waals surface area contributed by atoms with Crippen molar-refractivity contribution in [3.05, 3.63) is 0 Å². The zero-order valence-electron chi connectivity index (χ0n) is 36.3. The average Bonchev–Trinajstić information content (AvgIpc) is 3.05. The molecule has 0 spiro atoms. The fourth-order valence-electron chi connectivity index (χ4n) is 7.71. The highest BCUT2D eigenvalue weighted by atomic mass is 16.5. The Balaban J connectivity index is 0.000000235. The van der Waals surface area contributed by atoms with Crippen LogP contribution in [0.4, 0.5) is 0 Å². The second-order valence-electron chi connectivity index (χ2n) is 19.8. The molecule has 5 aliphatic heterocycles. The van der Waals surface area contributed by atoms with E-state index >= 15 is 0 Å². The quantitative estimate of drug-likeness (QED) is 0.422. The summed E-state index contributed by atoms with van der Waals surface area (Å²) >= 11 is 0. The minimum Gasteiger partial charge on any atom is -0.379 e. The number of piperidine rings is 2. The smallest absolute Gasteiger partial charge is 0.0594 e. The predicted molar refractivity (Wildman–Crippen MR) is 218 cm³/mol. The zero-order valence-corrected chi connectivity index (χ0v) is 36.3. The number of likely N-dealkylation sites (tertiary alicyclic amines) is 2. The largest absolute Gasteiger partial charge is 0.379 e. The first-order valence-corrected chi connectivity index (χ1v) is 20.5. The molecule has 0 radical (unpaired) electrons. The van der Waals surface area contributed by atoms with Gasteiger partial charge in [-0.05, 0) is 130 Å². The van der Waals surface area contributed by atoms with Gasteiger partial charge in [-0.15, -0.1) is 0 Å². The normalized spacial score (nSPS) is 24.5. The molecule has 0 amide bonds. The topological polar surface area (TPSA) is 43.9 Å². The molecule has 0 unspecified atom stereocenters. The Hall–Kier alpha value is -0.360. The van der Waals surface area contributed by atoms with Gasteiger partial charge in [0.05, 0.1) is 13.2 Å². The summed E-state index contributed by atoms with van der Waals surface area (Å²) in [6.45, 7) is 46.3. The van der Waals surface area contributed by atoms with E-state index in [4.69, 9.17) is 4.74 Å². The van der Waals surface area contributed by atoms with Gasteiger partial charge in [-0.25, -0.2) is 0 Å². The molecule has 0 bridgehead atoms. The van der Waals surface area contributed by atoms with E-state index in [-0.39, 0.29) is 0 Å². The molecule has 0 saturated carbocycles. The highest BCUT2D eigenvalue weighted by molar-refractivity contribution is 4.87. The molecule has 5 fully saturated rings. The lowest BCUT2D eigenvalue weighted by atomic mass is 9.97. The van der Waals surface area contributed by atoms with Crippen molar-refractivity contribution in [1.82, 2.24) is 39.6 Å². The van der Waals surface area contributed by atoms with Crippen LogP contribution in [0.3, 0.4) is 0 Å². The van der Waals surface area contributed by atoms with E-state index in [0.717, 1.165) is 51.5 Å². The first-order chi connectivity index (χ1) is 23.1. The summed E-state index contributed by atoms with van der Waals surface area (Å²) in [4.78, 5) is 17.7. The molecule has 50 heavy (non-hydrogen) atoms. The summed E-state index contributed by atoms with van der Waals surface area (Å²) in [6.07, 6.45) is 5.31. The van der Waals surface area contributed by atoms with Crippen molar-refractivity contribution in [2.45, 2.75) is 143 Å². The van der Waals surface area contributed by atoms with Gasteiger partial charge in [0.25, 0.3) is 0 Å². The van der Waals surface area contributed by atoms with Crippen molar-refractivity contribution >= 4 is 0 Å². The van der Waals surface area contributed by atoms with Crippen molar-refractivity contribution in [2.75, 3.05) is 126 Å². The number of likely N-dealkylation sites (N-methyl/N-ethyl adjacent to an activating group) is 1. The Morgan fingerprint density at radius 1 is 0.480 bits per heavy atom. The first-order valence-electron chi connectivity index (χ1n) is 20.5. The van der Waals surface area contributed by atoms with Gasteiger partial charge in [0.2, 0.25) is 0 Å². The Morgan fingerprint density at radius 3 is 1.20 bits per heavy atom. The maximum Gasteiger partial charge on any atom is 0.0594 e. The molecule has 9 heteroatoms. The molecule has 0 aromatic heterocycles. The van der Waals surface area contributed by atoms with Crippen LogP contribution >= 0.6 is 0 Å². The Labute approximate surface area is 312 Å². The van der Waals surface area contributed by atoms with E-state index in [9.17, 15) is 0 Å². The Bertz CT molecular complexity index is 866. The van der Waals surface area contributed by atoms with E-state index in [1.54, 1.807) is 0 Å². The molecule has 5 aliphatic rings. The number of morpholine rings is 1. The van der Waals surface area contributed by atoms with Crippen molar-refractivity contribution in [2.24, 2.45) is 0 Å². The molecule has 1 N–H and O–H groups in total. The lowest BCUT2D eigenvalue weighted by molar-refractivity contribution is -0.00891. The minimum absolute atomic E-state index is 0.343. The third-order valence-electron chi connectivity index (χ3n) is 11.6. The van der Waals surface area contributed by atoms with E-state index in [1.807, 2.05) is 0 Å². The lowest BCUT2D eigenvalue weighted by Gasteiger charge is -2.44. The summed E-state index contributed by atoms with van der Waals surface area (Å²) in [6, 6.07) is 1.61. The van der Waals surface area contributed by atoms with Crippen molar-refractivity contribution < 1.29 is 4.74 Å². The number of ether oxygens (including phenoxy) is 1. The van der Waals surface area contributed by atoms with Crippen LogP contribution < -0.4 is 5.32 Å². The van der Waals surface area contributed by atoms with Crippen LogP contribution in [0.25, 0.3) is 0 Å². The van der Waals surface area contributed by atoms with Crippen LogP contribution in [0.2, 0.25) is 0 Å². The molecule has 5 rings (SSSR count). The van der Waals surface area contributed by atoms with Gasteiger partial charge in [-0.2, -0.15) is 0 Å². The maximum absolute atomic E-state index is 5.41. The lowest BCUT2D eigenvalue weighted by Crippen LogP contribution is -2.52. The van der Waals surface area contributed by atoms with Crippen LogP contribution in [0.5, 0.6) is 0 Å². The monoisotopic (exact) mass is 709 g/mol. The number of hydrogen-bond donors (Lipinski definition) is 1. The molecule has 0 aliphatic carbocycles. The molecule has 9 nitrogen and oxygen atoms in total. The molecular weight excluding hydrogens is 621 g/mol. The van der Waals surface area contributed by atoms with Crippen LogP contribution in [0.1, 0.15) is 109 Å². The number of nitrogens with one attached hydrogen (secondary N) is 1. The molecule has 0 atom stereocenters. The van der Waals surface area contributed by atoms with Crippen LogP contribution in [-0.2, 0) is 4.74 Å². The van der Waals surface area contributed by atoms with Gasteiger partial charge >= 0.3 is 0 Å². The van der Waals surface area contributed by atoms with Gasteiger partial charge in [0, 0.05) is 126 Å². The molecule has 5 saturated heterocycles. The van der Waals surface area contributed by atoms with Gasteiger partial charge in [-0.3, -0.25) is 24.5 Å². The Morgan fingerprint density at radius 2 is 0.840 bits per heavy atom. The predicted octanol–water partition coefficient (Wildman–Crippen LogP) is 5.11. The van der Waals surface area contributed by atoms with Crippen LogP contribution in [0.15, 0.2) is 0 Å². The third-order valence-corrected chi connectivity index (χ3v) is 11.6. The van der Waals surface area contributed by atoms with E-state index in [1.165, 1.54) is 91.1 Å². The second kappa shape index (κ2) is 20.9. The highest BCUT2D eigenvalue weighted by Gasteiger charge is 2.31. The van der Waals surface area contributed by atoms with Crippen molar-refractivity contribution in [3.63, 3.8) is 0 Å². The maximum atomic E-state index is 5.41. The Kier molecular flexibility index (Phi) is 19.2. The standard InChI is InChI=1S/C13H26N2O.C11H24N2.C9H20N2.C8H18N2/c1-13(2,3)15-6-4-12(5-7-15)14-8-10-16-11-9-14;1-11(2,3)13-8-6-10(7-9-13)12(4)5;1-9(2,3)11-7-5-10(4)6-8-11;1-8(2,3)10-6-4-9-5-7-10/h12H,4-11H2,1-3H3;10H,6-9H2,1-5H3;5-8H2,1-4H3;9H,4-7H2,1-3H3. The third kappa shape index (κ3) is 17.2. The SMILES string of the molecule is CC(C)(C)N1CCC(N2CCOCC2)CC1.CC(C)(C)N1CCNCC1.CN(C)C1CCN(C(C)(C)C)CC1.CN1CCN(C(C)(C)C)CC1. The zero-order chi connectivity index (χ0) is 37.8. The first kappa shape index (κ1) is 45.8. The summed E-state index contributed by atoms with van der Waals surface area (Å²) in [5.74, 6) is 0. The number of nitrogens with zero attached hydrogens (tertiary/aromatic N) is 7. The minimum atomic E-state index is 0.343. The highest BCUT2D eigenvalue weighted by Crippen LogP contribution is 2.24. The average molecular weight is 709 g/mol. The van der Waals surface area contributed by atoms with E-state index < -0.39 is 0 Å². The van der Waals surface area contributed by atoms with Crippen LogP contribution in [-0.4, -0.2) is 195 Å². The van der Waals surface area contributed by atoms with Crippen molar-refractivity contribution in [1.29, 1.82) is 0 Å². The summed E-state index contributed by atoms with van der Waals surface area (Å²) in [7, 11) is 6.58. The number of rotatable bonds is 2. The molecule has 5 heterocycles. The second-order valence-corrected chi connectivity index (χ2v) is 19.8. The van der Waals surface area contributed by atoms with E-state index in [2.05, 4.69) is 144 Å². The van der Waals surface area contributed by atoms with E-state index in [0.29, 0.717) is 22.2 Å². The number of hydrogen-bond acceptors (Lipinski definition) is 9. The van der Waals surface area contributed by atoms with Gasteiger partial charge in [-0.1, -0.05) is 0 Å². The van der Waals surface area contributed by atoms with Gasteiger partial charge in [0.1, 0.15) is 0 Å². The summed E-state index contributed by atoms with van der Waals surface area (Å²) in [5, 5.41) is 3.35. The molecular formula is C41H88N8O. The summed E-state index contributed by atoms with van der Waals surface area (Å²) < 4.78 is 5.41. The molecule has 298 valence electrons. The van der Waals surface area contributed by atoms with Crippen molar-refractivity contribution in [3.8, 4) is 0 Å². The number of piperazine rings is 2. The summed E-state index contributed by atoms with van der Waals surface area (Å²) in [5.41, 5.74) is 1.43. The van der Waals surface area contributed by atoms with Gasteiger partial charge in [0.15, 0.2) is 0 Å². The fourth-order valence-corrected chi connectivity index (χ4v) is 7.71. The molecule has 0 aromatic rings. The fraction of sp³-hybridized carbons (Fsp3) is 1.00.